The Morgan fingerprint density at radius 1 is 0.870 bits per heavy atom. The molecular weight excluding hydrogens is 304 g/mol. The summed E-state index contributed by atoms with van der Waals surface area (Å²) in [7, 11) is 1.11. The van der Waals surface area contributed by atoms with Gasteiger partial charge in [-0.15, -0.1) is 0 Å². The lowest BCUT2D eigenvalue weighted by Gasteiger charge is -2.42. The first-order valence-electron chi connectivity index (χ1n) is 9.90. The molecule has 1 heterocycles. The fraction of sp³-hybridized carbons (Fsp3) is 1.00. The zero-order chi connectivity index (χ0) is 17.0. The van der Waals surface area contributed by atoms with E-state index in [9.17, 15) is 0 Å². The molecule has 3 nitrogen and oxygen atoms in total. The zero-order valence-corrected chi connectivity index (χ0v) is 17.1. The summed E-state index contributed by atoms with van der Waals surface area (Å²) in [6.45, 7) is 4.53. The molecule has 23 heavy (non-hydrogen) atoms. The van der Waals surface area contributed by atoms with Gasteiger partial charge in [-0.25, -0.2) is 0 Å². The number of hydrogen-bond donors (Lipinski definition) is 0. The first-order valence-corrected chi connectivity index (χ1v) is 11.8. The van der Waals surface area contributed by atoms with Crippen LogP contribution in [-0.4, -0.2) is 28.6 Å². The highest BCUT2D eigenvalue weighted by atomic mass is 28.4. The van der Waals surface area contributed by atoms with Gasteiger partial charge in [0, 0.05) is 20.3 Å². The lowest BCUT2D eigenvalue weighted by molar-refractivity contribution is -0.0351. The molecule has 1 saturated heterocycles. The summed E-state index contributed by atoms with van der Waals surface area (Å²) in [5, 5.41) is 0. The van der Waals surface area contributed by atoms with Crippen molar-refractivity contribution >= 4 is 8.80 Å². The molecule has 1 rings (SSSR count). The normalized spacial score (nSPS) is 24.0. The molecule has 0 saturated carbocycles. The third-order valence-electron chi connectivity index (χ3n) is 5.27. The molecule has 1 atom stereocenters. The minimum atomic E-state index is -2.36. The van der Waals surface area contributed by atoms with Crippen LogP contribution in [-0.2, 0) is 13.3 Å². The van der Waals surface area contributed by atoms with Crippen LogP contribution in [0.15, 0.2) is 0 Å². The molecule has 0 spiro atoms. The summed E-state index contributed by atoms with van der Waals surface area (Å²) < 4.78 is 17.6. The van der Waals surface area contributed by atoms with E-state index in [1.807, 2.05) is 0 Å². The molecule has 1 aliphatic rings. The first-order chi connectivity index (χ1) is 11.1. The quantitative estimate of drug-likeness (QED) is 0.298. The van der Waals surface area contributed by atoms with Crippen molar-refractivity contribution in [3.63, 3.8) is 0 Å². The van der Waals surface area contributed by atoms with Crippen LogP contribution in [0, 0.1) is 0 Å². The molecule has 0 aliphatic carbocycles. The molecule has 1 unspecified atom stereocenters. The molecule has 0 aromatic carbocycles. The van der Waals surface area contributed by atoms with Crippen LogP contribution in [0.2, 0.25) is 6.04 Å². The van der Waals surface area contributed by atoms with Crippen LogP contribution in [0.25, 0.3) is 0 Å². The maximum atomic E-state index is 6.34. The van der Waals surface area contributed by atoms with Crippen LogP contribution >= 0.6 is 0 Å². The Hall–Kier alpha value is 0.0969. The molecule has 0 bridgehead atoms. The van der Waals surface area contributed by atoms with E-state index in [0.29, 0.717) is 0 Å². The van der Waals surface area contributed by atoms with Gasteiger partial charge in [-0.2, -0.15) is 0 Å². The van der Waals surface area contributed by atoms with Crippen LogP contribution < -0.4 is 0 Å². The standard InChI is InChI=1S/C19H40O3Si/c1-5-6-7-8-9-10-11-12-13-14-16-19(2)17-15-18-23(20-3,21-4)22-19/h5-18H2,1-4H3. The summed E-state index contributed by atoms with van der Waals surface area (Å²) in [5.74, 6) is 0. The van der Waals surface area contributed by atoms with Gasteiger partial charge in [0.05, 0.1) is 5.60 Å². The molecule has 0 aromatic heterocycles. The monoisotopic (exact) mass is 344 g/mol. The number of hydrogen-bond acceptors (Lipinski definition) is 3. The Balaban J connectivity index is 2.08. The van der Waals surface area contributed by atoms with Crippen LogP contribution in [0.4, 0.5) is 0 Å². The minimum absolute atomic E-state index is 0.0311. The average molecular weight is 345 g/mol. The van der Waals surface area contributed by atoms with Crippen molar-refractivity contribution in [1.29, 1.82) is 0 Å². The Labute approximate surface area is 145 Å². The van der Waals surface area contributed by atoms with Crippen molar-refractivity contribution in [2.75, 3.05) is 14.2 Å². The maximum Gasteiger partial charge on any atom is 0.500 e. The molecule has 138 valence electrons. The zero-order valence-electron chi connectivity index (χ0n) is 16.1. The van der Waals surface area contributed by atoms with Crippen molar-refractivity contribution < 1.29 is 13.3 Å². The van der Waals surface area contributed by atoms with E-state index in [1.165, 1.54) is 70.6 Å². The highest BCUT2D eigenvalue weighted by molar-refractivity contribution is 6.60. The average Bonchev–Trinajstić information content (AvgIpc) is 2.56. The van der Waals surface area contributed by atoms with Crippen molar-refractivity contribution in [3.05, 3.63) is 0 Å². The van der Waals surface area contributed by atoms with Gasteiger partial charge in [-0.1, -0.05) is 71.1 Å². The lowest BCUT2D eigenvalue weighted by Crippen LogP contribution is -2.54. The smallest absolute Gasteiger partial charge is 0.377 e. The molecular formula is C19H40O3Si. The molecule has 1 aliphatic heterocycles. The summed E-state index contributed by atoms with van der Waals surface area (Å²) in [6.07, 6.45) is 17.3. The van der Waals surface area contributed by atoms with Crippen molar-refractivity contribution in [2.45, 2.75) is 109 Å². The fourth-order valence-electron chi connectivity index (χ4n) is 3.69. The first kappa shape index (κ1) is 21.1. The molecule has 0 aromatic rings. The molecule has 0 amide bonds. The van der Waals surface area contributed by atoms with E-state index in [2.05, 4.69) is 13.8 Å². The number of rotatable bonds is 13. The molecule has 0 N–H and O–H groups in total. The maximum absolute atomic E-state index is 6.34. The van der Waals surface area contributed by atoms with E-state index in [4.69, 9.17) is 13.3 Å². The third-order valence-corrected chi connectivity index (χ3v) is 8.29. The Kier molecular flexibility index (Phi) is 10.7. The van der Waals surface area contributed by atoms with E-state index >= 15 is 0 Å². The fourth-order valence-corrected chi connectivity index (χ4v) is 6.10. The topological polar surface area (TPSA) is 27.7 Å². The van der Waals surface area contributed by atoms with Crippen molar-refractivity contribution in [2.24, 2.45) is 0 Å². The van der Waals surface area contributed by atoms with Crippen LogP contribution in [0.3, 0.4) is 0 Å². The highest BCUT2D eigenvalue weighted by Crippen LogP contribution is 2.37. The predicted molar refractivity (Wildman–Crippen MR) is 99.8 cm³/mol. The SMILES string of the molecule is CCCCCCCCCCCCC1(C)CCC[Si](OC)(OC)O1. The summed E-state index contributed by atoms with van der Waals surface area (Å²) in [5.41, 5.74) is -0.0311. The summed E-state index contributed by atoms with van der Waals surface area (Å²) >= 11 is 0. The van der Waals surface area contributed by atoms with Gasteiger partial charge in [0.2, 0.25) is 0 Å². The van der Waals surface area contributed by atoms with Crippen LogP contribution in [0.1, 0.15) is 97.3 Å². The molecule has 0 radical (unpaired) electrons. The van der Waals surface area contributed by atoms with Crippen molar-refractivity contribution in [1.82, 2.24) is 0 Å². The lowest BCUT2D eigenvalue weighted by atomic mass is 9.93. The summed E-state index contributed by atoms with van der Waals surface area (Å²) in [6, 6.07) is 0.966. The van der Waals surface area contributed by atoms with E-state index in [-0.39, 0.29) is 5.60 Å². The van der Waals surface area contributed by atoms with Crippen molar-refractivity contribution in [3.8, 4) is 0 Å². The highest BCUT2D eigenvalue weighted by Gasteiger charge is 2.48. The van der Waals surface area contributed by atoms with Gasteiger partial charge in [-0.05, 0) is 26.2 Å². The van der Waals surface area contributed by atoms with Gasteiger partial charge in [0.15, 0.2) is 0 Å². The van der Waals surface area contributed by atoms with Crippen LogP contribution in [0.5, 0.6) is 0 Å². The second-order valence-corrected chi connectivity index (χ2v) is 10.3. The van der Waals surface area contributed by atoms with Gasteiger partial charge in [0.25, 0.3) is 0 Å². The Morgan fingerprint density at radius 2 is 1.39 bits per heavy atom. The van der Waals surface area contributed by atoms with Gasteiger partial charge >= 0.3 is 8.80 Å². The third kappa shape index (κ3) is 8.15. The minimum Gasteiger partial charge on any atom is -0.377 e. The second kappa shape index (κ2) is 11.6. The largest absolute Gasteiger partial charge is 0.500 e. The molecule has 4 heteroatoms. The summed E-state index contributed by atoms with van der Waals surface area (Å²) in [4.78, 5) is 0. The van der Waals surface area contributed by atoms with E-state index in [0.717, 1.165) is 18.9 Å². The van der Waals surface area contributed by atoms with E-state index < -0.39 is 8.80 Å². The second-order valence-electron chi connectivity index (χ2n) is 7.43. The Morgan fingerprint density at radius 3 is 1.91 bits per heavy atom. The van der Waals surface area contributed by atoms with Gasteiger partial charge in [0.1, 0.15) is 0 Å². The van der Waals surface area contributed by atoms with Gasteiger partial charge < -0.3 is 13.3 Å². The van der Waals surface area contributed by atoms with Gasteiger partial charge in [-0.3, -0.25) is 0 Å². The predicted octanol–water partition coefficient (Wildman–Crippen LogP) is 6.10. The Bertz CT molecular complexity index is 294. The number of unbranched alkanes of at least 4 members (excludes halogenated alkanes) is 9. The molecule has 1 fully saturated rings. The van der Waals surface area contributed by atoms with E-state index in [1.54, 1.807) is 14.2 Å².